The monoisotopic (exact) mass is 525 g/mol. The molecule has 0 radical (unpaired) electrons. The van der Waals surface area contributed by atoms with Crippen molar-refractivity contribution in [1.82, 2.24) is 4.90 Å². The van der Waals surface area contributed by atoms with Gasteiger partial charge in [0, 0.05) is 3.57 Å². The van der Waals surface area contributed by atoms with E-state index in [1.54, 1.807) is 18.2 Å². The summed E-state index contributed by atoms with van der Waals surface area (Å²) in [7, 11) is 1.51. The van der Waals surface area contributed by atoms with Crippen LogP contribution in [-0.4, -0.2) is 40.8 Å². The summed E-state index contributed by atoms with van der Waals surface area (Å²) >= 11 is 2.94. The molecule has 0 aliphatic carbocycles. The van der Waals surface area contributed by atoms with Crippen molar-refractivity contribution in [3.63, 3.8) is 0 Å². The van der Waals surface area contributed by atoms with E-state index in [2.05, 4.69) is 22.6 Å². The quantitative estimate of drug-likeness (QED) is 0.432. The van der Waals surface area contributed by atoms with Gasteiger partial charge < -0.3 is 14.6 Å². The predicted molar refractivity (Wildman–Crippen MR) is 117 cm³/mol. The number of carboxylic acid groups (broad SMARTS) is 1. The first-order valence-electron chi connectivity index (χ1n) is 8.40. The largest absolute Gasteiger partial charge is 0.493 e. The number of carbonyl (C=O) groups is 3. The Labute approximate surface area is 184 Å². The van der Waals surface area contributed by atoms with Gasteiger partial charge in [-0.3, -0.25) is 19.3 Å². The van der Waals surface area contributed by atoms with Crippen LogP contribution >= 0.6 is 34.4 Å². The number of carboxylic acids is 1. The van der Waals surface area contributed by atoms with E-state index in [9.17, 15) is 14.4 Å². The van der Waals surface area contributed by atoms with Gasteiger partial charge in [-0.05, 0) is 75.8 Å². The molecule has 0 spiro atoms. The van der Waals surface area contributed by atoms with E-state index >= 15 is 0 Å². The van der Waals surface area contributed by atoms with E-state index in [4.69, 9.17) is 14.6 Å². The number of benzene rings is 2. The van der Waals surface area contributed by atoms with Crippen molar-refractivity contribution in [3.8, 4) is 11.5 Å². The average molecular weight is 525 g/mol. The van der Waals surface area contributed by atoms with Crippen molar-refractivity contribution >= 4 is 57.5 Å². The first-order valence-corrected chi connectivity index (χ1v) is 10.3. The summed E-state index contributed by atoms with van der Waals surface area (Å²) < 4.78 is 12.3. The lowest BCUT2D eigenvalue weighted by molar-refractivity contribution is -0.140. The number of hydrogen-bond donors (Lipinski definition) is 1. The molecule has 2 aromatic rings. The van der Waals surface area contributed by atoms with Crippen molar-refractivity contribution in [3.05, 3.63) is 62.1 Å². The van der Waals surface area contributed by atoms with Crippen molar-refractivity contribution < 1.29 is 29.0 Å². The van der Waals surface area contributed by atoms with Crippen LogP contribution in [0, 0.1) is 3.57 Å². The van der Waals surface area contributed by atoms with Crippen LogP contribution in [0.15, 0.2) is 47.4 Å². The van der Waals surface area contributed by atoms with Crippen LogP contribution in [0.2, 0.25) is 0 Å². The molecule has 1 heterocycles. The zero-order chi connectivity index (χ0) is 21.0. The highest BCUT2D eigenvalue weighted by atomic mass is 127. The Bertz CT molecular complexity index is 989. The van der Waals surface area contributed by atoms with Gasteiger partial charge in [0.15, 0.2) is 11.5 Å². The number of carbonyl (C=O) groups excluding carboxylic acids is 2. The lowest BCUT2D eigenvalue weighted by Crippen LogP contribution is -2.33. The molecule has 9 heteroatoms. The van der Waals surface area contributed by atoms with Crippen molar-refractivity contribution in [2.45, 2.75) is 6.61 Å². The lowest BCUT2D eigenvalue weighted by Gasteiger charge is -2.12. The molecule has 7 nitrogen and oxygen atoms in total. The molecule has 29 heavy (non-hydrogen) atoms. The third kappa shape index (κ3) is 5.30. The molecular formula is C20H16INO6S. The van der Waals surface area contributed by atoms with Crippen LogP contribution in [0.5, 0.6) is 11.5 Å². The minimum Gasteiger partial charge on any atom is -0.493 e. The van der Waals surface area contributed by atoms with Crippen LogP contribution < -0.4 is 9.47 Å². The van der Waals surface area contributed by atoms with Gasteiger partial charge in [-0.2, -0.15) is 0 Å². The van der Waals surface area contributed by atoms with E-state index in [0.29, 0.717) is 40.3 Å². The SMILES string of the molecule is COc1cc(/C=C2/SC(=O)N(CC(=O)O)C2=O)ccc1OCc1ccc(I)cc1. The van der Waals surface area contributed by atoms with Crippen LogP contribution in [0.3, 0.4) is 0 Å². The molecule has 1 saturated heterocycles. The first-order chi connectivity index (χ1) is 13.9. The van der Waals surface area contributed by atoms with E-state index in [1.165, 1.54) is 13.2 Å². The third-order valence-corrected chi connectivity index (χ3v) is 5.59. The first kappa shape index (κ1) is 21.2. The maximum Gasteiger partial charge on any atom is 0.323 e. The van der Waals surface area contributed by atoms with Crippen LogP contribution in [0.4, 0.5) is 4.79 Å². The molecule has 0 atom stereocenters. The van der Waals surface area contributed by atoms with E-state index in [1.807, 2.05) is 24.3 Å². The maximum atomic E-state index is 12.3. The second-order valence-corrected chi connectivity index (χ2v) is 8.23. The van der Waals surface area contributed by atoms with Gasteiger partial charge >= 0.3 is 5.97 Å². The van der Waals surface area contributed by atoms with Gasteiger partial charge in [-0.1, -0.05) is 18.2 Å². The van der Waals surface area contributed by atoms with E-state index in [-0.39, 0.29) is 4.91 Å². The number of thioether (sulfide) groups is 1. The summed E-state index contributed by atoms with van der Waals surface area (Å²) in [5.41, 5.74) is 1.65. The van der Waals surface area contributed by atoms with Gasteiger partial charge in [0.2, 0.25) is 0 Å². The Morgan fingerprint density at radius 2 is 1.90 bits per heavy atom. The highest BCUT2D eigenvalue weighted by Crippen LogP contribution is 2.34. The Morgan fingerprint density at radius 1 is 1.17 bits per heavy atom. The summed E-state index contributed by atoms with van der Waals surface area (Å²) in [5.74, 6) is -0.846. The lowest BCUT2D eigenvalue weighted by atomic mass is 10.1. The third-order valence-electron chi connectivity index (χ3n) is 3.96. The topological polar surface area (TPSA) is 93.1 Å². The second kappa shape index (κ2) is 9.31. The molecule has 150 valence electrons. The minimum absolute atomic E-state index is 0.158. The number of rotatable bonds is 7. The molecule has 1 fully saturated rings. The van der Waals surface area contributed by atoms with Gasteiger partial charge in [0.05, 0.1) is 12.0 Å². The summed E-state index contributed by atoms with van der Waals surface area (Å²) in [6.45, 7) is -0.280. The number of ether oxygens (including phenoxy) is 2. The molecule has 1 aliphatic rings. The number of nitrogens with zero attached hydrogens (tertiary/aromatic N) is 1. The summed E-state index contributed by atoms with van der Waals surface area (Å²) in [4.78, 5) is 35.8. The molecule has 0 bridgehead atoms. The Balaban J connectivity index is 1.75. The number of halogens is 1. The predicted octanol–water partition coefficient (Wildman–Crippen LogP) is 4.00. The smallest absolute Gasteiger partial charge is 0.323 e. The highest BCUT2D eigenvalue weighted by Gasteiger charge is 2.36. The molecule has 3 rings (SSSR count). The number of aliphatic carboxylic acids is 1. The molecule has 2 amide bonds. The van der Waals surface area contributed by atoms with Gasteiger partial charge in [-0.25, -0.2) is 0 Å². The molecular weight excluding hydrogens is 509 g/mol. The zero-order valence-corrected chi connectivity index (χ0v) is 18.2. The Morgan fingerprint density at radius 3 is 2.55 bits per heavy atom. The highest BCUT2D eigenvalue weighted by molar-refractivity contribution is 14.1. The molecule has 0 aromatic heterocycles. The van der Waals surface area contributed by atoms with E-state index < -0.39 is 23.7 Å². The Hall–Kier alpha value is -2.53. The number of amides is 2. The minimum atomic E-state index is -1.25. The summed E-state index contributed by atoms with van der Waals surface area (Å²) in [6, 6.07) is 13.1. The van der Waals surface area contributed by atoms with Crippen LogP contribution in [0.25, 0.3) is 6.08 Å². The number of methoxy groups -OCH3 is 1. The van der Waals surface area contributed by atoms with Crippen LogP contribution in [0.1, 0.15) is 11.1 Å². The molecule has 1 aliphatic heterocycles. The van der Waals surface area contributed by atoms with Gasteiger partial charge in [0.25, 0.3) is 11.1 Å². The molecule has 1 N–H and O–H groups in total. The number of imide groups is 1. The summed E-state index contributed by atoms with van der Waals surface area (Å²) in [6.07, 6.45) is 1.53. The fourth-order valence-electron chi connectivity index (χ4n) is 2.56. The standard InChI is InChI=1S/C20H16INO6S/c1-27-16-8-13(9-17-19(25)22(10-18(23)24)20(26)29-17)4-7-15(16)28-11-12-2-5-14(21)6-3-12/h2-9H,10-11H2,1H3,(H,23,24)/b17-9+. The normalized spacial score (nSPS) is 15.1. The Kier molecular flexibility index (Phi) is 6.80. The average Bonchev–Trinajstić information content (AvgIpc) is 2.95. The number of hydrogen-bond acceptors (Lipinski definition) is 6. The molecule has 0 saturated carbocycles. The van der Waals surface area contributed by atoms with Gasteiger partial charge in [0.1, 0.15) is 13.2 Å². The zero-order valence-electron chi connectivity index (χ0n) is 15.3. The second-order valence-electron chi connectivity index (χ2n) is 5.99. The van der Waals surface area contributed by atoms with Crippen molar-refractivity contribution in [1.29, 1.82) is 0 Å². The molecule has 0 unspecified atom stereocenters. The molecule has 2 aromatic carbocycles. The van der Waals surface area contributed by atoms with Gasteiger partial charge in [-0.15, -0.1) is 0 Å². The fourth-order valence-corrected chi connectivity index (χ4v) is 3.76. The van der Waals surface area contributed by atoms with E-state index in [0.717, 1.165) is 9.13 Å². The van der Waals surface area contributed by atoms with Crippen molar-refractivity contribution in [2.75, 3.05) is 13.7 Å². The van der Waals surface area contributed by atoms with Crippen LogP contribution in [-0.2, 0) is 16.2 Å². The maximum absolute atomic E-state index is 12.3. The fraction of sp³-hybridized carbons (Fsp3) is 0.150. The summed E-state index contributed by atoms with van der Waals surface area (Å²) in [5, 5.41) is 8.22. The van der Waals surface area contributed by atoms with Crippen molar-refractivity contribution in [2.24, 2.45) is 0 Å².